The van der Waals surface area contributed by atoms with Crippen molar-refractivity contribution in [3.05, 3.63) is 59.9 Å². The molecule has 2 aromatic carbocycles. The van der Waals surface area contributed by atoms with E-state index in [-0.39, 0.29) is 18.5 Å². The molecule has 2 unspecified atom stereocenters. The molecule has 28 heavy (non-hydrogen) atoms. The average Bonchev–Trinajstić information content (AvgIpc) is 2.71. The second kappa shape index (κ2) is 11.1. The summed E-state index contributed by atoms with van der Waals surface area (Å²) in [4.78, 5) is 4.43. The van der Waals surface area contributed by atoms with Crippen LogP contribution in [-0.4, -0.2) is 43.9 Å². The number of hydrogen-bond donors (Lipinski definition) is 3. The van der Waals surface area contributed by atoms with Crippen LogP contribution in [0.15, 0.2) is 53.5 Å². The van der Waals surface area contributed by atoms with Crippen LogP contribution in [0, 0.1) is 5.82 Å². The van der Waals surface area contributed by atoms with Crippen molar-refractivity contribution in [3.8, 4) is 11.5 Å². The molecule has 6 nitrogen and oxygen atoms in total. The third kappa shape index (κ3) is 7.08. The van der Waals surface area contributed by atoms with Crippen LogP contribution in [0.5, 0.6) is 11.5 Å². The van der Waals surface area contributed by atoms with Gasteiger partial charge in [0.05, 0.1) is 26.3 Å². The summed E-state index contributed by atoms with van der Waals surface area (Å²) in [6.07, 6.45) is -0.866. The maximum absolute atomic E-state index is 13.0. The molecule has 7 heteroatoms. The summed E-state index contributed by atoms with van der Waals surface area (Å²) in [5.74, 6) is 1.64. The van der Waals surface area contributed by atoms with Crippen molar-refractivity contribution >= 4 is 5.96 Å². The fourth-order valence-corrected chi connectivity index (χ4v) is 2.48. The number of rotatable bonds is 9. The average molecular weight is 389 g/mol. The molecule has 0 saturated heterocycles. The number of benzene rings is 2. The van der Waals surface area contributed by atoms with Gasteiger partial charge in [-0.1, -0.05) is 12.1 Å². The van der Waals surface area contributed by atoms with Crippen molar-refractivity contribution in [1.82, 2.24) is 10.6 Å². The number of nitrogens with one attached hydrogen (secondary N) is 2. The minimum Gasteiger partial charge on any atom is -0.497 e. The Bertz CT molecular complexity index is 736. The number of methoxy groups -OCH3 is 1. The lowest BCUT2D eigenvalue weighted by Gasteiger charge is -2.18. The van der Waals surface area contributed by atoms with Gasteiger partial charge in [0, 0.05) is 6.54 Å². The molecule has 0 aliphatic carbocycles. The standard InChI is InChI=1S/C21H28FN3O3/c1-4-23-21(24-13-15(2)28-19-11-7-17(22)8-12-19)25-14-20(26)16-5-9-18(27-3)10-6-16/h5-12,15,20,26H,4,13-14H2,1-3H3,(H2,23,24,25). The van der Waals surface area contributed by atoms with Crippen LogP contribution in [0.4, 0.5) is 4.39 Å². The zero-order chi connectivity index (χ0) is 20.4. The van der Waals surface area contributed by atoms with Gasteiger partial charge in [0.1, 0.15) is 23.4 Å². The predicted octanol–water partition coefficient (Wildman–Crippen LogP) is 2.89. The monoisotopic (exact) mass is 389 g/mol. The fraction of sp³-hybridized carbons (Fsp3) is 0.381. The largest absolute Gasteiger partial charge is 0.497 e. The van der Waals surface area contributed by atoms with E-state index in [0.29, 0.717) is 24.8 Å². The number of aliphatic hydroxyl groups is 1. The van der Waals surface area contributed by atoms with Crippen molar-refractivity contribution in [2.75, 3.05) is 26.7 Å². The number of aliphatic imine (C=N–C) groups is 1. The molecule has 0 radical (unpaired) electrons. The maximum Gasteiger partial charge on any atom is 0.191 e. The third-order valence-corrected chi connectivity index (χ3v) is 3.98. The molecule has 0 heterocycles. The number of ether oxygens (including phenoxy) is 2. The van der Waals surface area contributed by atoms with Crippen LogP contribution in [0.1, 0.15) is 25.5 Å². The van der Waals surface area contributed by atoms with Gasteiger partial charge in [-0.05, 0) is 55.8 Å². The molecule has 0 fully saturated rings. The van der Waals surface area contributed by atoms with E-state index in [1.165, 1.54) is 12.1 Å². The Kier molecular flexibility index (Phi) is 8.55. The third-order valence-electron chi connectivity index (χ3n) is 3.98. The lowest BCUT2D eigenvalue weighted by molar-refractivity contribution is 0.187. The summed E-state index contributed by atoms with van der Waals surface area (Å²) in [5, 5.41) is 16.7. The molecular weight excluding hydrogens is 361 g/mol. The molecule has 2 atom stereocenters. The molecule has 3 N–H and O–H groups in total. The van der Waals surface area contributed by atoms with Gasteiger partial charge in [0.2, 0.25) is 0 Å². The normalized spacial score (nSPS) is 13.5. The maximum atomic E-state index is 13.0. The molecule has 0 aromatic heterocycles. The zero-order valence-corrected chi connectivity index (χ0v) is 16.5. The number of guanidine groups is 1. The van der Waals surface area contributed by atoms with Crippen molar-refractivity contribution in [2.24, 2.45) is 4.99 Å². The minimum absolute atomic E-state index is 0.152. The van der Waals surface area contributed by atoms with Gasteiger partial charge in [0.25, 0.3) is 0 Å². The lowest BCUT2D eigenvalue weighted by Crippen LogP contribution is -2.42. The van der Waals surface area contributed by atoms with E-state index in [2.05, 4.69) is 15.6 Å². The number of hydrogen-bond acceptors (Lipinski definition) is 4. The molecule has 0 saturated carbocycles. The summed E-state index contributed by atoms with van der Waals surface area (Å²) < 4.78 is 23.8. The van der Waals surface area contributed by atoms with Gasteiger partial charge in [0.15, 0.2) is 5.96 Å². The van der Waals surface area contributed by atoms with E-state index in [1.807, 2.05) is 26.0 Å². The molecular formula is C21H28FN3O3. The van der Waals surface area contributed by atoms with E-state index in [0.717, 1.165) is 11.3 Å². The first-order valence-corrected chi connectivity index (χ1v) is 9.28. The van der Waals surface area contributed by atoms with Crippen molar-refractivity contribution < 1.29 is 19.0 Å². The number of aliphatic hydroxyl groups excluding tert-OH is 1. The Morgan fingerprint density at radius 1 is 1.07 bits per heavy atom. The molecule has 0 amide bonds. The van der Waals surface area contributed by atoms with Crippen molar-refractivity contribution in [3.63, 3.8) is 0 Å². The Hall–Kier alpha value is -2.80. The Labute approximate surface area is 165 Å². The SMILES string of the molecule is CCNC(=NCC(O)c1ccc(OC)cc1)NCC(C)Oc1ccc(F)cc1. The van der Waals surface area contributed by atoms with Gasteiger partial charge in [-0.25, -0.2) is 4.39 Å². The van der Waals surface area contributed by atoms with E-state index in [9.17, 15) is 9.50 Å². The predicted molar refractivity (Wildman–Crippen MR) is 108 cm³/mol. The van der Waals surface area contributed by atoms with E-state index >= 15 is 0 Å². The van der Waals surface area contributed by atoms with Gasteiger partial charge in [-0.2, -0.15) is 0 Å². The van der Waals surface area contributed by atoms with E-state index in [4.69, 9.17) is 9.47 Å². The summed E-state index contributed by atoms with van der Waals surface area (Å²) in [6, 6.07) is 13.2. The smallest absolute Gasteiger partial charge is 0.191 e. The zero-order valence-electron chi connectivity index (χ0n) is 16.5. The van der Waals surface area contributed by atoms with Crippen LogP contribution in [0.25, 0.3) is 0 Å². The van der Waals surface area contributed by atoms with Gasteiger partial charge in [-0.3, -0.25) is 4.99 Å². The molecule has 152 valence electrons. The fourth-order valence-electron chi connectivity index (χ4n) is 2.48. The van der Waals surface area contributed by atoms with Gasteiger partial charge < -0.3 is 25.2 Å². The Morgan fingerprint density at radius 2 is 1.71 bits per heavy atom. The first-order valence-electron chi connectivity index (χ1n) is 9.28. The van der Waals surface area contributed by atoms with E-state index in [1.54, 1.807) is 31.4 Å². The first kappa shape index (κ1) is 21.5. The summed E-state index contributed by atoms with van der Waals surface area (Å²) in [6.45, 7) is 5.29. The van der Waals surface area contributed by atoms with Gasteiger partial charge >= 0.3 is 0 Å². The molecule has 2 aromatic rings. The number of halogens is 1. The topological polar surface area (TPSA) is 75.1 Å². The second-order valence-electron chi connectivity index (χ2n) is 6.27. The van der Waals surface area contributed by atoms with E-state index < -0.39 is 6.10 Å². The summed E-state index contributed by atoms with van der Waals surface area (Å²) in [5.41, 5.74) is 0.772. The molecule has 2 rings (SSSR count). The van der Waals surface area contributed by atoms with Crippen LogP contribution in [0.2, 0.25) is 0 Å². The highest BCUT2D eigenvalue weighted by Gasteiger charge is 2.09. The minimum atomic E-state index is -0.714. The highest BCUT2D eigenvalue weighted by Crippen LogP contribution is 2.17. The van der Waals surface area contributed by atoms with Crippen LogP contribution in [-0.2, 0) is 0 Å². The lowest BCUT2D eigenvalue weighted by atomic mass is 10.1. The molecule has 0 bridgehead atoms. The summed E-state index contributed by atoms with van der Waals surface area (Å²) >= 11 is 0. The Balaban J connectivity index is 1.87. The molecule has 0 aliphatic heterocycles. The summed E-state index contributed by atoms with van der Waals surface area (Å²) in [7, 11) is 1.60. The first-order chi connectivity index (χ1) is 13.5. The van der Waals surface area contributed by atoms with Crippen molar-refractivity contribution in [2.45, 2.75) is 26.1 Å². The quantitative estimate of drug-likeness (QED) is 0.454. The highest BCUT2D eigenvalue weighted by molar-refractivity contribution is 5.79. The van der Waals surface area contributed by atoms with Gasteiger partial charge in [-0.15, -0.1) is 0 Å². The molecule has 0 aliphatic rings. The number of nitrogens with zero attached hydrogens (tertiary/aromatic N) is 1. The second-order valence-corrected chi connectivity index (χ2v) is 6.27. The van der Waals surface area contributed by atoms with Crippen LogP contribution >= 0.6 is 0 Å². The highest BCUT2D eigenvalue weighted by atomic mass is 19.1. The van der Waals surface area contributed by atoms with Crippen molar-refractivity contribution in [1.29, 1.82) is 0 Å². The van der Waals surface area contributed by atoms with Crippen LogP contribution in [0.3, 0.4) is 0 Å². The molecule has 0 spiro atoms. The Morgan fingerprint density at radius 3 is 2.32 bits per heavy atom. The van der Waals surface area contributed by atoms with Crippen LogP contribution < -0.4 is 20.1 Å².